The second-order valence-electron chi connectivity index (χ2n) is 11.1. The predicted molar refractivity (Wildman–Crippen MR) is 177 cm³/mol. The Labute approximate surface area is 266 Å². The minimum absolute atomic E-state index is 0.0870. The van der Waals surface area contributed by atoms with E-state index in [1.54, 1.807) is 18.3 Å². The Bertz CT molecular complexity index is 1720. The lowest BCUT2D eigenvalue weighted by Crippen LogP contribution is -2.38. The first-order valence-electron chi connectivity index (χ1n) is 15.1. The van der Waals surface area contributed by atoms with Crippen LogP contribution in [0.2, 0.25) is 0 Å². The van der Waals surface area contributed by atoms with E-state index < -0.39 is 5.91 Å². The number of benzene rings is 3. The summed E-state index contributed by atoms with van der Waals surface area (Å²) in [6, 6.07) is 27.8. The van der Waals surface area contributed by atoms with Crippen LogP contribution in [-0.4, -0.2) is 46.7 Å². The predicted octanol–water partition coefficient (Wildman–Crippen LogP) is 5.40. The van der Waals surface area contributed by atoms with E-state index in [9.17, 15) is 14.4 Å². The van der Waals surface area contributed by atoms with Gasteiger partial charge in [-0.05, 0) is 89.7 Å². The van der Waals surface area contributed by atoms with Gasteiger partial charge < -0.3 is 15.5 Å². The lowest BCUT2D eigenvalue weighted by molar-refractivity contribution is -0.115. The standard InChI is InChI=1S/C35H34N6O3S/c42-32(38-23-24-6-2-1-3-7-24)29-11-5-10-28(19-29)27-9-4-8-26(18-27)22-36-21-25-13-16-41(17-14-25)34-37-15-12-30(39-34)20-31-33(43)40-35(44)45-31/h1-12,15,18-20,25,36H,13-14,16-17,21-23H2,(H,38,42)(H,40,43,44)/b31-20-. The summed E-state index contributed by atoms with van der Waals surface area (Å²) in [5.74, 6) is 0.708. The van der Waals surface area contributed by atoms with E-state index >= 15 is 0 Å². The summed E-state index contributed by atoms with van der Waals surface area (Å²) in [4.78, 5) is 47.7. The maximum atomic E-state index is 12.8. The van der Waals surface area contributed by atoms with Crippen molar-refractivity contribution in [2.24, 2.45) is 5.92 Å². The molecule has 0 bridgehead atoms. The summed E-state index contributed by atoms with van der Waals surface area (Å²) in [5, 5.41) is 8.54. The first-order chi connectivity index (χ1) is 22.0. The van der Waals surface area contributed by atoms with Crippen LogP contribution >= 0.6 is 11.8 Å². The van der Waals surface area contributed by atoms with Crippen LogP contribution in [0, 0.1) is 5.92 Å². The lowest BCUT2D eigenvalue weighted by atomic mass is 9.96. The molecule has 0 atom stereocenters. The minimum atomic E-state index is -0.390. The Morgan fingerprint density at radius 3 is 2.44 bits per heavy atom. The largest absolute Gasteiger partial charge is 0.348 e. The fourth-order valence-electron chi connectivity index (χ4n) is 5.49. The molecule has 6 rings (SSSR count). The Balaban J connectivity index is 0.982. The molecule has 2 saturated heterocycles. The Morgan fingerprint density at radius 1 is 0.911 bits per heavy atom. The van der Waals surface area contributed by atoms with Gasteiger partial charge in [-0.25, -0.2) is 9.97 Å². The zero-order valence-electron chi connectivity index (χ0n) is 24.7. The second-order valence-corrected chi connectivity index (χ2v) is 12.2. The SMILES string of the molecule is O=C1NC(=O)/C(=C/c2ccnc(N3CCC(CNCc4cccc(-c5cccc(C(=O)NCc6ccccc6)c5)c4)CC3)n2)S1. The molecule has 10 heteroatoms. The van der Waals surface area contributed by atoms with Crippen LogP contribution in [0.3, 0.4) is 0 Å². The molecule has 45 heavy (non-hydrogen) atoms. The number of hydrogen-bond acceptors (Lipinski definition) is 8. The number of anilines is 1. The van der Waals surface area contributed by atoms with Crippen molar-refractivity contribution in [1.82, 2.24) is 25.9 Å². The van der Waals surface area contributed by atoms with Crippen LogP contribution in [-0.2, 0) is 17.9 Å². The molecule has 3 N–H and O–H groups in total. The summed E-state index contributed by atoms with van der Waals surface area (Å²) in [5.41, 5.74) is 5.60. The highest BCUT2D eigenvalue weighted by Crippen LogP contribution is 2.26. The van der Waals surface area contributed by atoms with Gasteiger partial charge in [-0.2, -0.15) is 0 Å². The summed E-state index contributed by atoms with van der Waals surface area (Å²) in [6.07, 6.45) is 5.36. The average Bonchev–Trinajstić information content (AvgIpc) is 3.40. The maximum absolute atomic E-state index is 12.8. The molecule has 9 nitrogen and oxygen atoms in total. The average molecular weight is 619 g/mol. The van der Waals surface area contributed by atoms with Crippen LogP contribution < -0.4 is 20.9 Å². The Hall–Kier alpha value is -4.80. The first kappa shape index (κ1) is 30.2. The monoisotopic (exact) mass is 618 g/mol. The van der Waals surface area contributed by atoms with E-state index in [2.05, 4.69) is 55.1 Å². The van der Waals surface area contributed by atoms with Crippen molar-refractivity contribution in [3.05, 3.63) is 118 Å². The first-order valence-corrected chi connectivity index (χ1v) is 15.9. The molecule has 0 unspecified atom stereocenters. The zero-order valence-corrected chi connectivity index (χ0v) is 25.6. The van der Waals surface area contributed by atoms with Gasteiger partial charge in [0.1, 0.15) is 0 Å². The van der Waals surface area contributed by atoms with Gasteiger partial charge in [-0.15, -0.1) is 0 Å². The molecule has 228 valence electrons. The molecule has 0 radical (unpaired) electrons. The van der Waals surface area contributed by atoms with Crippen molar-refractivity contribution < 1.29 is 14.4 Å². The van der Waals surface area contributed by atoms with Gasteiger partial charge in [0.25, 0.3) is 17.1 Å². The van der Waals surface area contributed by atoms with Gasteiger partial charge in [0.05, 0.1) is 10.6 Å². The van der Waals surface area contributed by atoms with E-state index in [0.717, 1.165) is 67.5 Å². The van der Waals surface area contributed by atoms with Crippen LogP contribution in [0.4, 0.5) is 10.7 Å². The van der Waals surface area contributed by atoms with Crippen LogP contribution in [0.1, 0.15) is 40.0 Å². The summed E-state index contributed by atoms with van der Waals surface area (Å²) in [7, 11) is 0. The molecule has 2 fully saturated rings. The number of thioether (sulfide) groups is 1. The fourth-order valence-corrected chi connectivity index (χ4v) is 6.16. The van der Waals surface area contributed by atoms with Gasteiger partial charge in [0, 0.05) is 37.9 Å². The summed E-state index contributed by atoms with van der Waals surface area (Å²) in [6.45, 7) is 3.88. The molecule has 2 aliphatic heterocycles. The number of nitrogens with one attached hydrogen (secondary N) is 3. The second kappa shape index (κ2) is 14.3. The number of aromatic nitrogens is 2. The quantitative estimate of drug-likeness (QED) is 0.202. The van der Waals surface area contributed by atoms with E-state index in [1.165, 1.54) is 5.56 Å². The molecule has 2 aliphatic rings. The van der Waals surface area contributed by atoms with Crippen molar-refractivity contribution in [2.75, 3.05) is 24.5 Å². The molecule has 0 spiro atoms. The highest BCUT2D eigenvalue weighted by Gasteiger charge is 2.26. The number of rotatable bonds is 10. The third-order valence-corrected chi connectivity index (χ3v) is 8.74. The highest BCUT2D eigenvalue weighted by molar-refractivity contribution is 8.18. The van der Waals surface area contributed by atoms with E-state index in [-0.39, 0.29) is 11.1 Å². The zero-order chi connectivity index (χ0) is 31.0. The normalized spacial score (nSPS) is 16.2. The Morgan fingerprint density at radius 2 is 1.67 bits per heavy atom. The number of imide groups is 1. The summed E-state index contributed by atoms with van der Waals surface area (Å²) >= 11 is 0.884. The van der Waals surface area contributed by atoms with Crippen LogP contribution in [0.15, 0.2) is 96.0 Å². The third kappa shape index (κ3) is 8.03. The number of carbonyl (C=O) groups excluding carboxylic acids is 3. The smallest absolute Gasteiger partial charge is 0.290 e. The molecule has 3 aromatic carbocycles. The van der Waals surface area contributed by atoms with E-state index in [0.29, 0.717) is 34.6 Å². The van der Waals surface area contributed by atoms with Gasteiger partial charge in [0.2, 0.25) is 5.95 Å². The Kier molecular flexibility index (Phi) is 9.62. The van der Waals surface area contributed by atoms with Gasteiger partial charge in [0.15, 0.2) is 0 Å². The molecule has 0 saturated carbocycles. The number of hydrogen-bond donors (Lipinski definition) is 3. The van der Waals surface area contributed by atoms with Crippen molar-refractivity contribution in [2.45, 2.75) is 25.9 Å². The van der Waals surface area contributed by atoms with Crippen molar-refractivity contribution in [3.8, 4) is 11.1 Å². The number of amides is 3. The van der Waals surface area contributed by atoms with Crippen molar-refractivity contribution in [3.63, 3.8) is 0 Å². The molecule has 1 aromatic heterocycles. The van der Waals surface area contributed by atoms with Gasteiger partial charge in [-0.3, -0.25) is 19.7 Å². The number of nitrogens with zero attached hydrogens (tertiary/aromatic N) is 3. The molecular formula is C35H34N6O3S. The molecule has 3 amide bonds. The fraction of sp³-hybridized carbons (Fsp3) is 0.229. The number of carbonyl (C=O) groups is 3. The lowest BCUT2D eigenvalue weighted by Gasteiger charge is -2.32. The van der Waals surface area contributed by atoms with Crippen molar-refractivity contribution >= 4 is 40.8 Å². The molecular weight excluding hydrogens is 584 g/mol. The minimum Gasteiger partial charge on any atom is -0.348 e. The topological polar surface area (TPSA) is 116 Å². The van der Waals surface area contributed by atoms with Crippen molar-refractivity contribution in [1.29, 1.82) is 0 Å². The number of piperidine rings is 1. The molecule has 4 aromatic rings. The summed E-state index contributed by atoms with van der Waals surface area (Å²) < 4.78 is 0. The van der Waals surface area contributed by atoms with Crippen LogP contribution in [0.5, 0.6) is 0 Å². The molecule has 3 heterocycles. The third-order valence-electron chi connectivity index (χ3n) is 7.93. The van der Waals surface area contributed by atoms with Crippen LogP contribution in [0.25, 0.3) is 17.2 Å². The maximum Gasteiger partial charge on any atom is 0.290 e. The highest BCUT2D eigenvalue weighted by atomic mass is 32.2. The van der Waals surface area contributed by atoms with E-state index in [4.69, 9.17) is 0 Å². The molecule has 0 aliphatic carbocycles. The van der Waals surface area contributed by atoms with Gasteiger partial charge in [-0.1, -0.05) is 60.7 Å². The van der Waals surface area contributed by atoms with Gasteiger partial charge >= 0.3 is 0 Å². The van der Waals surface area contributed by atoms with E-state index in [1.807, 2.05) is 54.6 Å².